The summed E-state index contributed by atoms with van der Waals surface area (Å²) in [5.41, 5.74) is 1.16. The van der Waals surface area contributed by atoms with Crippen molar-refractivity contribution in [3.05, 3.63) is 61.9 Å². The van der Waals surface area contributed by atoms with E-state index in [1.165, 1.54) is 4.57 Å². The van der Waals surface area contributed by atoms with E-state index in [4.69, 9.17) is 11.6 Å². The summed E-state index contributed by atoms with van der Waals surface area (Å²) in [7, 11) is 0. The second kappa shape index (κ2) is 6.45. The first kappa shape index (κ1) is 15.8. The standard InChI is InChI=1S/C15H14BrClN2O2/c1-9-7-11(16)15(21)19(8-9)10(2)14(20)18-13-6-4-3-5-12(13)17/h3-8,10H,1-2H3,(H,18,20). The highest BCUT2D eigenvalue weighted by atomic mass is 79.9. The van der Waals surface area contributed by atoms with E-state index < -0.39 is 6.04 Å². The van der Waals surface area contributed by atoms with Gasteiger partial charge in [-0.15, -0.1) is 0 Å². The molecule has 0 radical (unpaired) electrons. The number of hydrogen-bond donors (Lipinski definition) is 1. The largest absolute Gasteiger partial charge is 0.323 e. The van der Waals surface area contributed by atoms with Gasteiger partial charge in [0, 0.05) is 6.20 Å². The van der Waals surface area contributed by atoms with Gasteiger partial charge in [-0.1, -0.05) is 23.7 Å². The van der Waals surface area contributed by atoms with Crippen molar-refractivity contribution in [3.8, 4) is 0 Å². The summed E-state index contributed by atoms with van der Waals surface area (Å²) in [4.78, 5) is 24.4. The molecule has 2 rings (SSSR count). The number of rotatable bonds is 3. The molecule has 6 heteroatoms. The molecule has 0 saturated carbocycles. The van der Waals surface area contributed by atoms with E-state index in [9.17, 15) is 9.59 Å². The van der Waals surface area contributed by atoms with Gasteiger partial charge in [0.25, 0.3) is 5.56 Å². The van der Waals surface area contributed by atoms with Crippen LogP contribution in [-0.4, -0.2) is 10.5 Å². The molecule has 110 valence electrons. The molecule has 4 nitrogen and oxygen atoms in total. The average Bonchev–Trinajstić information content (AvgIpc) is 2.44. The number of aromatic nitrogens is 1. The van der Waals surface area contributed by atoms with E-state index in [2.05, 4.69) is 21.2 Å². The fraction of sp³-hybridized carbons (Fsp3) is 0.200. The minimum atomic E-state index is -0.648. The molecule has 0 bridgehead atoms. The summed E-state index contributed by atoms with van der Waals surface area (Å²) in [6.45, 7) is 3.53. The molecule has 1 N–H and O–H groups in total. The highest BCUT2D eigenvalue weighted by Crippen LogP contribution is 2.21. The summed E-state index contributed by atoms with van der Waals surface area (Å²) in [5, 5.41) is 3.18. The number of carbonyl (C=O) groups is 1. The number of nitrogens with one attached hydrogen (secondary N) is 1. The van der Waals surface area contributed by atoms with Gasteiger partial charge in [0.15, 0.2) is 0 Å². The molecule has 0 fully saturated rings. The summed E-state index contributed by atoms with van der Waals surface area (Å²) >= 11 is 9.22. The number of nitrogens with zero attached hydrogens (tertiary/aromatic N) is 1. The number of carbonyl (C=O) groups excluding carboxylic acids is 1. The van der Waals surface area contributed by atoms with Gasteiger partial charge in [0.2, 0.25) is 5.91 Å². The zero-order valence-corrected chi connectivity index (χ0v) is 13.9. The van der Waals surface area contributed by atoms with Crippen LogP contribution in [-0.2, 0) is 4.79 Å². The lowest BCUT2D eigenvalue weighted by atomic mass is 10.2. The lowest BCUT2D eigenvalue weighted by molar-refractivity contribution is -0.118. The quantitative estimate of drug-likeness (QED) is 0.895. The number of aryl methyl sites for hydroxylation is 1. The Morgan fingerprint density at radius 1 is 1.38 bits per heavy atom. The van der Waals surface area contributed by atoms with Crippen LogP contribution in [0.2, 0.25) is 5.02 Å². The SMILES string of the molecule is Cc1cc(Br)c(=O)n(C(C)C(=O)Nc2ccccc2Cl)c1. The summed E-state index contributed by atoms with van der Waals surface area (Å²) < 4.78 is 1.82. The molecule has 0 spiro atoms. The Hall–Kier alpha value is -1.59. The molecule has 1 amide bonds. The van der Waals surface area contributed by atoms with E-state index in [0.29, 0.717) is 15.2 Å². The highest BCUT2D eigenvalue weighted by Gasteiger charge is 2.18. The number of benzene rings is 1. The average molecular weight is 370 g/mol. The van der Waals surface area contributed by atoms with Gasteiger partial charge in [0.05, 0.1) is 15.2 Å². The Morgan fingerprint density at radius 2 is 2.05 bits per heavy atom. The molecule has 21 heavy (non-hydrogen) atoms. The summed E-state index contributed by atoms with van der Waals surface area (Å²) in [5.74, 6) is -0.303. The van der Waals surface area contributed by atoms with Gasteiger partial charge in [-0.25, -0.2) is 0 Å². The van der Waals surface area contributed by atoms with E-state index in [-0.39, 0.29) is 11.5 Å². The van der Waals surface area contributed by atoms with Crippen LogP contribution < -0.4 is 10.9 Å². The minimum Gasteiger partial charge on any atom is -0.323 e. The second-order valence-corrected chi connectivity index (χ2v) is 5.98. The Balaban J connectivity index is 2.28. The van der Waals surface area contributed by atoms with Crippen LogP contribution in [0.5, 0.6) is 0 Å². The third kappa shape index (κ3) is 3.54. The van der Waals surface area contributed by atoms with Gasteiger partial charge >= 0.3 is 0 Å². The summed E-state index contributed by atoms with van der Waals surface area (Å²) in [6.07, 6.45) is 1.66. The maximum absolute atomic E-state index is 12.3. The van der Waals surface area contributed by atoms with Crippen LogP contribution in [0.1, 0.15) is 18.5 Å². The topological polar surface area (TPSA) is 51.1 Å². The Bertz CT molecular complexity index is 743. The molecule has 1 aromatic carbocycles. The van der Waals surface area contributed by atoms with Gasteiger partial charge in [0.1, 0.15) is 6.04 Å². The monoisotopic (exact) mass is 368 g/mol. The van der Waals surface area contributed by atoms with E-state index in [0.717, 1.165) is 5.56 Å². The number of pyridine rings is 1. The Morgan fingerprint density at radius 3 is 2.71 bits per heavy atom. The second-order valence-electron chi connectivity index (χ2n) is 4.72. The molecule has 1 heterocycles. The van der Waals surface area contributed by atoms with Gasteiger partial charge in [-0.3, -0.25) is 9.59 Å². The first-order valence-electron chi connectivity index (χ1n) is 6.34. The van der Waals surface area contributed by atoms with Crippen molar-refractivity contribution >= 4 is 39.1 Å². The van der Waals surface area contributed by atoms with Gasteiger partial charge < -0.3 is 9.88 Å². The molecule has 2 aromatic rings. The molecule has 1 atom stereocenters. The molecule has 0 aliphatic rings. The van der Waals surface area contributed by atoms with Crippen LogP contribution in [0.4, 0.5) is 5.69 Å². The predicted octanol–water partition coefficient (Wildman–Crippen LogP) is 3.77. The number of halogens is 2. The van der Waals surface area contributed by atoms with Crippen LogP contribution in [0.3, 0.4) is 0 Å². The number of anilines is 1. The smallest absolute Gasteiger partial charge is 0.265 e. The maximum Gasteiger partial charge on any atom is 0.265 e. The minimum absolute atomic E-state index is 0.248. The van der Waals surface area contributed by atoms with E-state index in [1.807, 2.05) is 6.92 Å². The number of amides is 1. The summed E-state index contributed by atoms with van der Waals surface area (Å²) in [6, 6.07) is 8.03. The van der Waals surface area contributed by atoms with E-state index >= 15 is 0 Å². The van der Waals surface area contributed by atoms with Crippen molar-refractivity contribution in [1.82, 2.24) is 4.57 Å². The van der Waals surface area contributed by atoms with Gasteiger partial charge in [-0.2, -0.15) is 0 Å². The molecule has 1 aromatic heterocycles. The molecule has 1 unspecified atom stereocenters. The van der Waals surface area contributed by atoms with Crippen LogP contribution >= 0.6 is 27.5 Å². The fourth-order valence-corrected chi connectivity index (χ4v) is 2.66. The Kier molecular flexibility index (Phi) is 4.85. The lowest BCUT2D eigenvalue weighted by Crippen LogP contribution is -2.31. The first-order valence-corrected chi connectivity index (χ1v) is 7.51. The molecule has 0 aliphatic heterocycles. The van der Waals surface area contributed by atoms with Crippen molar-refractivity contribution < 1.29 is 4.79 Å². The van der Waals surface area contributed by atoms with Crippen molar-refractivity contribution in [2.75, 3.05) is 5.32 Å². The number of para-hydroxylation sites is 1. The van der Waals surface area contributed by atoms with Crippen LogP contribution in [0.15, 0.2) is 45.8 Å². The van der Waals surface area contributed by atoms with Gasteiger partial charge in [-0.05, 0) is 53.5 Å². The van der Waals surface area contributed by atoms with Crippen LogP contribution in [0.25, 0.3) is 0 Å². The van der Waals surface area contributed by atoms with Crippen LogP contribution in [0, 0.1) is 6.92 Å². The maximum atomic E-state index is 12.3. The van der Waals surface area contributed by atoms with Crippen molar-refractivity contribution in [2.24, 2.45) is 0 Å². The van der Waals surface area contributed by atoms with Crippen molar-refractivity contribution in [3.63, 3.8) is 0 Å². The lowest BCUT2D eigenvalue weighted by Gasteiger charge is -2.16. The highest BCUT2D eigenvalue weighted by molar-refractivity contribution is 9.10. The fourth-order valence-electron chi connectivity index (χ4n) is 1.91. The molecule has 0 aliphatic carbocycles. The Labute approximate surface area is 135 Å². The zero-order chi connectivity index (χ0) is 15.6. The third-order valence-corrected chi connectivity index (χ3v) is 3.96. The zero-order valence-electron chi connectivity index (χ0n) is 11.6. The molecular weight excluding hydrogens is 356 g/mol. The van der Waals surface area contributed by atoms with E-state index in [1.54, 1.807) is 43.5 Å². The first-order chi connectivity index (χ1) is 9.90. The number of hydrogen-bond acceptors (Lipinski definition) is 2. The third-order valence-electron chi connectivity index (χ3n) is 3.06. The predicted molar refractivity (Wildman–Crippen MR) is 87.9 cm³/mol. The van der Waals surface area contributed by atoms with Crippen molar-refractivity contribution in [1.29, 1.82) is 0 Å². The molecule has 0 saturated heterocycles. The molecular formula is C15H14BrClN2O2. The van der Waals surface area contributed by atoms with Crippen molar-refractivity contribution in [2.45, 2.75) is 19.9 Å². The normalized spacial score (nSPS) is 12.0.